The minimum atomic E-state index is 0.535. The third-order valence-corrected chi connectivity index (χ3v) is 2.42. The van der Waals surface area contributed by atoms with Gasteiger partial charge in [0.1, 0.15) is 0 Å². The molecule has 0 atom stereocenters. The van der Waals surface area contributed by atoms with E-state index in [9.17, 15) is 0 Å². The summed E-state index contributed by atoms with van der Waals surface area (Å²) in [6.45, 7) is 4.38. The normalized spacial score (nSPS) is 10.8. The number of benzene rings is 1. The molecule has 14 heavy (non-hydrogen) atoms. The molecule has 0 bridgehead atoms. The average Bonchev–Trinajstić information content (AvgIpc) is 2.68. The molecule has 0 N–H and O–H groups in total. The summed E-state index contributed by atoms with van der Waals surface area (Å²) in [7, 11) is 0. The first-order valence-corrected chi connectivity index (χ1v) is 5.00. The van der Waals surface area contributed by atoms with Crippen molar-refractivity contribution >= 4 is 0 Å². The molecule has 0 aliphatic heterocycles. The number of aromatic nitrogens is 1. The van der Waals surface area contributed by atoms with Gasteiger partial charge in [-0.05, 0) is 31.0 Å². The van der Waals surface area contributed by atoms with E-state index in [0.29, 0.717) is 6.04 Å². The summed E-state index contributed by atoms with van der Waals surface area (Å²) in [5.41, 5.74) is 2.58. The fourth-order valence-corrected chi connectivity index (χ4v) is 1.54. The lowest BCUT2D eigenvalue weighted by molar-refractivity contribution is 0.604. The van der Waals surface area contributed by atoms with Crippen molar-refractivity contribution < 1.29 is 0 Å². The van der Waals surface area contributed by atoms with E-state index in [1.807, 2.05) is 6.07 Å². The lowest BCUT2D eigenvalue weighted by atomic mass is 10.1. The van der Waals surface area contributed by atoms with E-state index in [1.165, 1.54) is 11.1 Å². The van der Waals surface area contributed by atoms with Crippen LogP contribution in [0, 0.1) is 0 Å². The number of hydrogen-bond donors (Lipinski definition) is 0. The van der Waals surface area contributed by atoms with Gasteiger partial charge in [0, 0.05) is 18.4 Å². The summed E-state index contributed by atoms with van der Waals surface area (Å²) in [5.74, 6) is 0. The lowest BCUT2D eigenvalue weighted by Crippen LogP contribution is -1.95. The molecule has 1 aromatic carbocycles. The fourth-order valence-electron chi connectivity index (χ4n) is 1.54. The second kappa shape index (κ2) is 3.70. The van der Waals surface area contributed by atoms with Crippen molar-refractivity contribution in [3.8, 4) is 11.1 Å². The molecule has 0 radical (unpaired) electrons. The maximum Gasteiger partial charge on any atom is 0.0274 e. The number of nitrogens with zero attached hydrogens (tertiary/aromatic N) is 1. The van der Waals surface area contributed by atoms with Gasteiger partial charge in [0.05, 0.1) is 0 Å². The molecular formula is C13H15N. The van der Waals surface area contributed by atoms with E-state index < -0.39 is 0 Å². The quantitative estimate of drug-likeness (QED) is 0.671. The Morgan fingerprint density at radius 1 is 0.929 bits per heavy atom. The van der Waals surface area contributed by atoms with Gasteiger partial charge in [-0.2, -0.15) is 0 Å². The molecule has 0 unspecified atom stereocenters. The molecule has 0 aliphatic rings. The average molecular weight is 185 g/mol. The van der Waals surface area contributed by atoms with Crippen LogP contribution in [-0.2, 0) is 0 Å². The predicted octanol–water partition coefficient (Wildman–Crippen LogP) is 3.74. The third-order valence-electron chi connectivity index (χ3n) is 2.42. The second-order valence-electron chi connectivity index (χ2n) is 3.81. The molecule has 1 heterocycles. The molecule has 2 aromatic rings. The van der Waals surface area contributed by atoms with Gasteiger partial charge in [0.25, 0.3) is 0 Å². The first-order valence-electron chi connectivity index (χ1n) is 5.00. The molecule has 0 fully saturated rings. The van der Waals surface area contributed by atoms with Crippen LogP contribution in [0.2, 0.25) is 0 Å². The Labute approximate surface area is 85.0 Å². The lowest BCUT2D eigenvalue weighted by Gasteiger charge is -2.05. The van der Waals surface area contributed by atoms with E-state index in [1.54, 1.807) is 0 Å². The Hall–Kier alpha value is -1.50. The Balaban J connectivity index is 2.34. The molecular weight excluding hydrogens is 170 g/mol. The van der Waals surface area contributed by atoms with Crippen LogP contribution in [0.4, 0.5) is 0 Å². The minimum absolute atomic E-state index is 0.535. The monoisotopic (exact) mass is 185 g/mol. The van der Waals surface area contributed by atoms with Gasteiger partial charge < -0.3 is 4.57 Å². The van der Waals surface area contributed by atoms with Gasteiger partial charge in [-0.3, -0.25) is 0 Å². The standard InChI is InChI=1S/C13H15N/c1-11(2)14-9-8-13(10-14)12-6-4-3-5-7-12/h3-11H,1-2H3. The van der Waals surface area contributed by atoms with Gasteiger partial charge in [-0.1, -0.05) is 30.3 Å². The van der Waals surface area contributed by atoms with Crippen LogP contribution in [0.1, 0.15) is 19.9 Å². The second-order valence-corrected chi connectivity index (χ2v) is 3.81. The summed E-state index contributed by atoms with van der Waals surface area (Å²) < 4.78 is 2.22. The van der Waals surface area contributed by atoms with E-state index >= 15 is 0 Å². The maximum absolute atomic E-state index is 2.22. The van der Waals surface area contributed by atoms with Crippen molar-refractivity contribution in [2.75, 3.05) is 0 Å². The van der Waals surface area contributed by atoms with Crippen molar-refractivity contribution in [1.82, 2.24) is 4.57 Å². The van der Waals surface area contributed by atoms with Crippen LogP contribution in [0.3, 0.4) is 0 Å². The fraction of sp³-hybridized carbons (Fsp3) is 0.231. The zero-order valence-electron chi connectivity index (χ0n) is 8.64. The third kappa shape index (κ3) is 1.72. The molecule has 1 nitrogen and oxygen atoms in total. The Bertz CT molecular complexity index is 398. The van der Waals surface area contributed by atoms with Crippen molar-refractivity contribution in [2.24, 2.45) is 0 Å². The van der Waals surface area contributed by atoms with Crippen LogP contribution in [0.5, 0.6) is 0 Å². The highest BCUT2D eigenvalue weighted by atomic mass is 15.0. The van der Waals surface area contributed by atoms with E-state index in [2.05, 4.69) is 61.1 Å². The molecule has 0 aliphatic carbocycles. The zero-order valence-corrected chi connectivity index (χ0v) is 8.64. The zero-order chi connectivity index (χ0) is 9.97. The molecule has 0 amide bonds. The Morgan fingerprint density at radius 2 is 1.64 bits per heavy atom. The van der Waals surface area contributed by atoms with Crippen molar-refractivity contribution in [2.45, 2.75) is 19.9 Å². The summed E-state index contributed by atoms with van der Waals surface area (Å²) in [4.78, 5) is 0. The van der Waals surface area contributed by atoms with Crippen LogP contribution in [0.25, 0.3) is 11.1 Å². The van der Waals surface area contributed by atoms with Gasteiger partial charge in [0.15, 0.2) is 0 Å². The molecule has 72 valence electrons. The Kier molecular flexibility index (Phi) is 2.40. The highest BCUT2D eigenvalue weighted by Gasteiger charge is 2.00. The number of rotatable bonds is 2. The van der Waals surface area contributed by atoms with Gasteiger partial charge in [-0.15, -0.1) is 0 Å². The highest BCUT2D eigenvalue weighted by Crippen LogP contribution is 2.20. The molecule has 0 saturated heterocycles. The summed E-state index contributed by atoms with van der Waals surface area (Å²) in [5, 5.41) is 0. The van der Waals surface area contributed by atoms with Gasteiger partial charge >= 0.3 is 0 Å². The van der Waals surface area contributed by atoms with E-state index in [-0.39, 0.29) is 0 Å². The summed E-state index contributed by atoms with van der Waals surface area (Å²) in [6, 6.07) is 13.2. The van der Waals surface area contributed by atoms with E-state index in [4.69, 9.17) is 0 Å². The van der Waals surface area contributed by atoms with E-state index in [0.717, 1.165) is 0 Å². The Morgan fingerprint density at radius 3 is 2.21 bits per heavy atom. The van der Waals surface area contributed by atoms with Crippen LogP contribution in [0.15, 0.2) is 48.8 Å². The summed E-state index contributed by atoms with van der Waals surface area (Å²) in [6.07, 6.45) is 4.33. The van der Waals surface area contributed by atoms with Crippen LogP contribution >= 0.6 is 0 Å². The van der Waals surface area contributed by atoms with Crippen LogP contribution in [-0.4, -0.2) is 4.57 Å². The first-order chi connectivity index (χ1) is 6.77. The summed E-state index contributed by atoms with van der Waals surface area (Å²) >= 11 is 0. The van der Waals surface area contributed by atoms with Crippen molar-refractivity contribution in [3.63, 3.8) is 0 Å². The molecule has 1 heteroatoms. The molecule has 2 rings (SSSR count). The SMILES string of the molecule is CC(C)n1ccc(-c2ccccc2)c1. The van der Waals surface area contributed by atoms with Gasteiger partial charge in [0.2, 0.25) is 0 Å². The maximum atomic E-state index is 2.22. The molecule has 1 aromatic heterocycles. The topological polar surface area (TPSA) is 4.93 Å². The van der Waals surface area contributed by atoms with Crippen molar-refractivity contribution in [3.05, 3.63) is 48.8 Å². The minimum Gasteiger partial charge on any atom is -0.351 e. The van der Waals surface area contributed by atoms with Crippen molar-refractivity contribution in [1.29, 1.82) is 0 Å². The molecule has 0 saturated carbocycles. The molecule has 0 spiro atoms. The van der Waals surface area contributed by atoms with Gasteiger partial charge in [-0.25, -0.2) is 0 Å². The smallest absolute Gasteiger partial charge is 0.0274 e. The van der Waals surface area contributed by atoms with Crippen LogP contribution < -0.4 is 0 Å². The largest absolute Gasteiger partial charge is 0.351 e. The highest BCUT2D eigenvalue weighted by molar-refractivity contribution is 5.62. The predicted molar refractivity (Wildman–Crippen MR) is 60.3 cm³/mol. The number of hydrogen-bond acceptors (Lipinski definition) is 0. The first kappa shape index (κ1) is 9.07.